The van der Waals surface area contributed by atoms with E-state index in [9.17, 15) is 8.42 Å². The Balaban J connectivity index is 2.13. The lowest BCUT2D eigenvalue weighted by molar-refractivity contribution is 0.0577. The van der Waals surface area contributed by atoms with Crippen molar-refractivity contribution in [2.45, 2.75) is 18.1 Å². The highest BCUT2D eigenvalue weighted by molar-refractivity contribution is 9.10. The van der Waals surface area contributed by atoms with Gasteiger partial charge in [-0.1, -0.05) is 28.1 Å². The molecular formula is C12H14BrClO3S. The molecule has 6 heteroatoms. The van der Waals surface area contributed by atoms with Gasteiger partial charge in [-0.2, -0.15) is 0 Å². The Morgan fingerprint density at radius 1 is 1.33 bits per heavy atom. The summed E-state index contributed by atoms with van der Waals surface area (Å²) in [6.07, 6.45) is 1.15. The van der Waals surface area contributed by atoms with Crippen LogP contribution in [0.5, 0.6) is 0 Å². The molecule has 1 aromatic carbocycles. The molecule has 0 amide bonds. The predicted molar refractivity (Wildman–Crippen MR) is 75.3 cm³/mol. The summed E-state index contributed by atoms with van der Waals surface area (Å²) in [5, 5.41) is -0.503. The largest absolute Gasteiger partial charge is 0.381 e. The van der Waals surface area contributed by atoms with Crippen molar-refractivity contribution in [1.29, 1.82) is 0 Å². The van der Waals surface area contributed by atoms with Gasteiger partial charge in [0.1, 0.15) is 0 Å². The summed E-state index contributed by atoms with van der Waals surface area (Å²) >= 11 is 3.37. The second-order valence-corrected chi connectivity index (χ2v) is 8.23. The third kappa shape index (κ3) is 3.70. The van der Waals surface area contributed by atoms with E-state index in [4.69, 9.17) is 15.4 Å². The highest BCUT2D eigenvalue weighted by Gasteiger charge is 2.34. The van der Waals surface area contributed by atoms with Crippen LogP contribution in [0, 0.1) is 5.92 Å². The Bertz CT molecular complexity index is 501. The Morgan fingerprint density at radius 2 is 2.00 bits per heavy atom. The van der Waals surface area contributed by atoms with Crippen molar-refractivity contribution in [3.63, 3.8) is 0 Å². The highest BCUT2D eigenvalue weighted by Crippen LogP contribution is 2.28. The minimum atomic E-state index is -3.52. The first-order valence-electron chi connectivity index (χ1n) is 5.72. The van der Waals surface area contributed by atoms with Crippen LogP contribution >= 0.6 is 26.6 Å². The van der Waals surface area contributed by atoms with Crippen LogP contribution in [-0.2, 0) is 20.2 Å². The van der Waals surface area contributed by atoms with Crippen molar-refractivity contribution < 1.29 is 13.2 Å². The van der Waals surface area contributed by atoms with Gasteiger partial charge in [-0.3, -0.25) is 0 Å². The summed E-state index contributed by atoms with van der Waals surface area (Å²) in [7, 11) is 1.99. The number of rotatable bonds is 3. The number of hydrogen-bond acceptors (Lipinski definition) is 3. The van der Waals surface area contributed by atoms with Gasteiger partial charge >= 0.3 is 0 Å². The molecule has 1 heterocycles. The van der Waals surface area contributed by atoms with Gasteiger partial charge in [-0.25, -0.2) is 8.42 Å². The van der Waals surface area contributed by atoms with Gasteiger partial charge < -0.3 is 4.74 Å². The summed E-state index contributed by atoms with van der Waals surface area (Å²) in [5.41, 5.74) is 1.10. The van der Waals surface area contributed by atoms with Crippen molar-refractivity contribution in [2.75, 3.05) is 13.2 Å². The fourth-order valence-corrected chi connectivity index (χ4v) is 4.24. The van der Waals surface area contributed by atoms with Gasteiger partial charge in [0.15, 0.2) is 0 Å². The second-order valence-electron chi connectivity index (χ2n) is 4.47. The van der Waals surface area contributed by atoms with Crippen LogP contribution in [0.1, 0.15) is 12.0 Å². The van der Waals surface area contributed by atoms with Gasteiger partial charge in [-0.15, -0.1) is 0 Å². The van der Waals surface area contributed by atoms with Gasteiger partial charge in [0.2, 0.25) is 9.05 Å². The van der Waals surface area contributed by atoms with Crippen molar-refractivity contribution in [2.24, 2.45) is 5.92 Å². The van der Waals surface area contributed by atoms with Gasteiger partial charge in [0.25, 0.3) is 0 Å². The molecule has 1 aliphatic heterocycles. The molecule has 0 aliphatic carbocycles. The highest BCUT2D eigenvalue weighted by atomic mass is 79.9. The molecule has 0 bridgehead atoms. The first-order valence-corrected chi connectivity index (χ1v) is 8.89. The minimum absolute atomic E-state index is 0.0672. The maximum Gasteiger partial charge on any atom is 0.235 e. The van der Waals surface area contributed by atoms with Gasteiger partial charge in [-0.05, 0) is 30.5 Å². The number of halogens is 2. The van der Waals surface area contributed by atoms with Gasteiger partial charge in [0, 0.05) is 27.7 Å². The fraction of sp³-hybridized carbons (Fsp3) is 0.500. The fourth-order valence-electron chi connectivity index (χ4n) is 2.26. The SMILES string of the molecule is O=S(=O)(Cl)[C@@H]1CCOC[C@@H]1Cc1ccc(Br)cc1. The van der Waals surface area contributed by atoms with E-state index < -0.39 is 14.3 Å². The summed E-state index contributed by atoms with van der Waals surface area (Å²) < 4.78 is 29.5. The van der Waals surface area contributed by atoms with E-state index in [2.05, 4.69) is 15.9 Å². The van der Waals surface area contributed by atoms with Crippen LogP contribution in [0.25, 0.3) is 0 Å². The topological polar surface area (TPSA) is 43.4 Å². The molecule has 0 saturated carbocycles. The van der Waals surface area contributed by atoms with Crippen LogP contribution in [0.2, 0.25) is 0 Å². The lowest BCUT2D eigenvalue weighted by atomic mass is 9.94. The van der Waals surface area contributed by atoms with Gasteiger partial charge in [0.05, 0.1) is 11.9 Å². The molecule has 2 rings (SSSR count). The van der Waals surface area contributed by atoms with Crippen molar-refractivity contribution in [3.8, 4) is 0 Å². The smallest absolute Gasteiger partial charge is 0.235 e. The van der Waals surface area contributed by atoms with E-state index in [1.807, 2.05) is 24.3 Å². The Kier molecular flexibility index (Phi) is 4.69. The Labute approximate surface area is 120 Å². The molecule has 0 aromatic heterocycles. The first kappa shape index (κ1) is 14.3. The van der Waals surface area contributed by atoms with Crippen molar-refractivity contribution in [1.82, 2.24) is 0 Å². The van der Waals surface area contributed by atoms with E-state index in [1.165, 1.54) is 0 Å². The first-order chi connectivity index (χ1) is 8.47. The van der Waals surface area contributed by atoms with Crippen LogP contribution in [0.4, 0.5) is 0 Å². The van der Waals surface area contributed by atoms with E-state index in [0.29, 0.717) is 26.1 Å². The van der Waals surface area contributed by atoms with Crippen LogP contribution in [0.15, 0.2) is 28.7 Å². The van der Waals surface area contributed by atoms with E-state index in [0.717, 1.165) is 10.0 Å². The van der Waals surface area contributed by atoms with Crippen molar-refractivity contribution in [3.05, 3.63) is 34.3 Å². The normalized spacial score (nSPS) is 25.0. The Hall–Kier alpha value is -0.100. The van der Waals surface area contributed by atoms with Crippen LogP contribution in [0.3, 0.4) is 0 Å². The maximum atomic E-state index is 11.5. The Morgan fingerprint density at radius 3 is 2.61 bits per heavy atom. The molecule has 0 unspecified atom stereocenters. The van der Waals surface area contributed by atoms with E-state index in [-0.39, 0.29) is 5.92 Å². The zero-order chi connectivity index (χ0) is 13.2. The summed E-state index contributed by atoms with van der Waals surface area (Å²) in [4.78, 5) is 0. The molecule has 18 heavy (non-hydrogen) atoms. The average molecular weight is 354 g/mol. The van der Waals surface area contributed by atoms with Crippen LogP contribution < -0.4 is 0 Å². The third-order valence-electron chi connectivity index (χ3n) is 3.18. The standard InChI is InChI=1S/C12H14BrClO3S/c13-11-3-1-9(2-4-11)7-10-8-17-6-5-12(10)18(14,15)16/h1-4,10,12H,5-8H2/t10-,12+/m0/s1. The predicted octanol–water partition coefficient (Wildman–Crippen LogP) is 2.97. The van der Waals surface area contributed by atoms with Crippen molar-refractivity contribution >= 4 is 35.7 Å². The quantitative estimate of drug-likeness (QED) is 0.785. The maximum absolute atomic E-state index is 11.5. The molecule has 1 saturated heterocycles. The summed E-state index contributed by atoms with van der Waals surface area (Å²) in [5.74, 6) is -0.0672. The second kappa shape index (κ2) is 5.90. The molecule has 0 spiro atoms. The third-order valence-corrected chi connectivity index (χ3v) is 5.74. The zero-order valence-electron chi connectivity index (χ0n) is 9.68. The molecule has 1 fully saturated rings. The summed E-state index contributed by atoms with van der Waals surface area (Å²) in [6, 6.07) is 7.86. The monoisotopic (exact) mass is 352 g/mol. The zero-order valence-corrected chi connectivity index (χ0v) is 12.8. The molecule has 100 valence electrons. The molecule has 1 aromatic rings. The molecule has 3 nitrogen and oxygen atoms in total. The molecule has 0 N–H and O–H groups in total. The molecule has 1 aliphatic rings. The number of hydrogen-bond donors (Lipinski definition) is 0. The van der Waals surface area contributed by atoms with Crippen LogP contribution in [-0.4, -0.2) is 26.9 Å². The van der Waals surface area contributed by atoms with E-state index >= 15 is 0 Å². The number of benzene rings is 1. The lowest BCUT2D eigenvalue weighted by Crippen LogP contribution is -2.37. The average Bonchev–Trinajstić information content (AvgIpc) is 2.31. The summed E-state index contributed by atoms with van der Waals surface area (Å²) in [6.45, 7) is 0.917. The lowest BCUT2D eigenvalue weighted by Gasteiger charge is -2.29. The number of ether oxygens (including phenoxy) is 1. The molecule has 0 radical (unpaired) electrons. The minimum Gasteiger partial charge on any atom is -0.381 e. The molecule has 2 atom stereocenters. The molecular weight excluding hydrogens is 340 g/mol. The van der Waals surface area contributed by atoms with E-state index in [1.54, 1.807) is 0 Å².